The molecule has 0 amide bonds. The summed E-state index contributed by atoms with van der Waals surface area (Å²) < 4.78 is 5.75. The van der Waals surface area contributed by atoms with Gasteiger partial charge < -0.3 is 20.1 Å². The van der Waals surface area contributed by atoms with Crippen molar-refractivity contribution in [1.29, 1.82) is 0 Å². The van der Waals surface area contributed by atoms with Crippen LogP contribution in [0.3, 0.4) is 0 Å². The average Bonchev–Trinajstić information content (AvgIpc) is 3.30. The van der Waals surface area contributed by atoms with E-state index in [1.807, 2.05) is 13.8 Å². The number of esters is 1. The molecule has 11 unspecified atom stereocenters. The summed E-state index contributed by atoms with van der Waals surface area (Å²) in [5.41, 5.74) is 0. The first kappa shape index (κ1) is 16.8. The van der Waals surface area contributed by atoms with Gasteiger partial charge in [-0.1, -0.05) is 13.8 Å². The summed E-state index contributed by atoms with van der Waals surface area (Å²) in [6.45, 7) is 4.11. The molecule has 5 heteroatoms. The monoisotopic (exact) mass is 338 g/mol. The van der Waals surface area contributed by atoms with Gasteiger partial charge in [-0.15, -0.1) is 0 Å². The molecule has 136 valence electrons. The number of ether oxygens (including phenoxy) is 1. The summed E-state index contributed by atoms with van der Waals surface area (Å²) >= 11 is 0. The molecule has 0 spiro atoms. The Hall–Kier alpha value is -0.650. The van der Waals surface area contributed by atoms with Gasteiger partial charge in [-0.05, 0) is 60.7 Å². The molecule has 5 nitrogen and oxygen atoms in total. The highest BCUT2D eigenvalue weighted by Crippen LogP contribution is 2.70. The van der Waals surface area contributed by atoms with Gasteiger partial charge in [-0.25, -0.2) is 0 Å². The van der Waals surface area contributed by atoms with E-state index in [9.17, 15) is 20.1 Å². The van der Waals surface area contributed by atoms with Crippen LogP contribution in [0.15, 0.2) is 0 Å². The smallest absolute Gasteiger partial charge is 0.309 e. The molecule has 3 N–H and O–H groups in total. The molecule has 4 fully saturated rings. The molecule has 0 aromatic heterocycles. The molecule has 24 heavy (non-hydrogen) atoms. The average molecular weight is 338 g/mol. The van der Waals surface area contributed by atoms with Crippen LogP contribution in [0, 0.1) is 53.3 Å². The predicted octanol–water partition coefficient (Wildman–Crippen LogP) is 1.05. The van der Waals surface area contributed by atoms with Crippen LogP contribution in [0.5, 0.6) is 0 Å². The van der Waals surface area contributed by atoms with E-state index in [2.05, 4.69) is 0 Å². The van der Waals surface area contributed by atoms with Crippen LogP contribution in [0.1, 0.15) is 33.1 Å². The molecule has 4 aliphatic rings. The van der Waals surface area contributed by atoms with Gasteiger partial charge in [0, 0.05) is 19.1 Å². The lowest BCUT2D eigenvalue weighted by Crippen LogP contribution is -2.50. The summed E-state index contributed by atoms with van der Waals surface area (Å²) in [6, 6.07) is 0. The molecule has 0 aromatic rings. The van der Waals surface area contributed by atoms with Crippen molar-refractivity contribution in [2.24, 2.45) is 53.3 Å². The Morgan fingerprint density at radius 3 is 2.12 bits per heavy atom. The van der Waals surface area contributed by atoms with E-state index in [0.717, 1.165) is 19.3 Å². The van der Waals surface area contributed by atoms with Gasteiger partial charge in [0.05, 0.1) is 12.0 Å². The van der Waals surface area contributed by atoms with Crippen molar-refractivity contribution in [3.63, 3.8) is 0 Å². The Morgan fingerprint density at radius 2 is 1.58 bits per heavy atom. The number of fused-ring (bicyclic) bond motifs is 9. The zero-order valence-electron chi connectivity index (χ0n) is 14.5. The first-order valence-electron chi connectivity index (χ1n) is 9.63. The number of carbonyl (C=O) groups is 1. The minimum absolute atomic E-state index is 0.129. The fourth-order valence-corrected chi connectivity index (χ4v) is 6.92. The van der Waals surface area contributed by atoms with Crippen molar-refractivity contribution in [3.8, 4) is 0 Å². The molecule has 11 atom stereocenters. The van der Waals surface area contributed by atoms with E-state index in [4.69, 9.17) is 4.74 Å². The summed E-state index contributed by atoms with van der Waals surface area (Å²) in [6.07, 6.45) is 1.80. The van der Waals surface area contributed by atoms with Crippen molar-refractivity contribution >= 4 is 5.97 Å². The third-order valence-corrected chi connectivity index (χ3v) is 8.05. The molecule has 0 aliphatic heterocycles. The van der Waals surface area contributed by atoms with Crippen molar-refractivity contribution in [1.82, 2.24) is 0 Å². The zero-order chi connectivity index (χ0) is 17.2. The SMILES string of the molecule is CCC(C)C(=O)OC1C(O)C2CC1C1C3CC(C(CO)C3CO)C21. The first-order chi connectivity index (χ1) is 11.5. The Kier molecular flexibility index (Phi) is 4.17. The first-order valence-corrected chi connectivity index (χ1v) is 9.63. The Morgan fingerprint density at radius 1 is 1.04 bits per heavy atom. The molecular weight excluding hydrogens is 308 g/mol. The standard InChI is InChI=1S/C19H30O5/c1-3-8(2)19(23)24-18-12-5-11(17(18)22)15-9-4-10(16(12)15)14(7-21)13(9)6-20/h8-18,20-22H,3-7H2,1-2H3. The largest absolute Gasteiger partial charge is 0.459 e. The highest BCUT2D eigenvalue weighted by molar-refractivity contribution is 5.72. The molecule has 0 radical (unpaired) electrons. The summed E-state index contributed by atoms with van der Waals surface area (Å²) in [4.78, 5) is 12.2. The van der Waals surface area contributed by atoms with Crippen LogP contribution >= 0.6 is 0 Å². The minimum Gasteiger partial charge on any atom is -0.459 e. The fourth-order valence-electron chi connectivity index (χ4n) is 6.92. The van der Waals surface area contributed by atoms with E-state index in [0.29, 0.717) is 23.7 Å². The van der Waals surface area contributed by atoms with Gasteiger partial charge in [0.2, 0.25) is 0 Å². The van der Waals surface area contributed by atoms with Gasteiger partial charge >= 0.3 is 5.97 Å². The molecule has 4 aliphatic carbocycles. The Balaban J connectivity index is 1.55. The highest BCUT2D eigenvalue weighted by Gasteiger charge is 2.70. The maximum Gasteiger partial charge on any atom is 0.309 e. The van der Waals surface area contributed by atoms with Crippen molar-refractivity contribution < 1.29 is 24.9 Å². The lowest BCUT2D eigenvalue weighted by atomic mass is 9.62. The van der Waals surface area contributed by atoms with Gasteiger partial charge in [0.25, 0.3) is 0 Å². The Bertz CT molecular complexity index is 508. The van der Waals surface area contributed by atoms with Gasteiger partial charge in [0.1, 0.15) is 6.10 Å². The molecule has 4 bridgehead atoms. The van der Waals surface area contributed by atoms with Crippen molar-refractivity contribution in [3.05, 3.63) is 0 Å². The minimum atomic E-state index is -0.560. The van der Waals surface area contributed by atoms with Gasteiger partial charge in [-0.2, -0.15) is 0 Å². The molecular formula is C19H30O5. The molecule has 0 saturated heterocycles. The summed E-state index contributed by atoms with van der Waals surface area (Å²) in [5.74, 6) is 2.15. The normalized spacial score (nSPS) is 52.5. The second-order valence-corrected chi connectivity index (χ2v) is 8.68. The molecule has 0 aromatic carbocycles. The summed E-state index contributed by atoms with van der Waals surface area (Å²) in [5, 5.41) is 30.3. The van der Waals surface area contributed by atoms with Crippen LogP contribution < -0.4 is 0 Å². The number of aliphatic hydroxyl groups excluding tert-OH is 3. The highest BCUT2D eigenvalue weighted by atomic mass is 16.6. The summed E-state index contributed by atoms with van der Waals surface area (Å²) in [7, 11) is 0. The quantitative estimate of drug-likeness (QED) is 0.515. The van der Waals surface area contributed by atoms with Crippen LogP contribution in [0.4, 0.5) is 0 Å². The van der Waals surface area contributed by atoms with Crippen molar-refractivity contribution in [2.45, 2.75) is 45.3 Å². The third-order valence-electron chi connectivity index (χ3n) is 8.05. The van der Waals surface area contributed by atoms with Crippen molar-refractivity contribution in [2.75, 3.05) is 13.2 Å². The zero-order valence-corrected chi connectivity index (χ0v) is 14.5. The van der Waals surface area contributed by atoms with Gasteiger partial charge in [0.15, 0.2) is 0 Å². The Labute approximate surface area is 143 Å². The van der Waals surface area contributed by atoms with Crippen LogP contribution in [0.25, 0.3) is 0 Å². The molecule has 4 saturated carbocycles. The topological polar surface area (TPSA) is 87.0 Å². The van der Waals surface area contributed by atoms with E-state index in [1.54, 1.807) is 0 Å². The number of rotatable bonds is 5. The predicted molar refractivity (Wildman–Crippen MR) is 86.7 cm³/mol. The second-order valence-electron chi connectivity index (χ2n) is 8.68. The van der Waals surface area contributed by atoms with E-state index in [1.165, 1.54) is 0 Å². The van der Waals surface area contributed by atoms with E-state index >= 15 is 0 Å². The fraction of sp³-hybridized carbons (Fsp3) is 0.947. The number of aliphatic hydroxyl groups is 3. The second kappa shape index (κ2) is 5.96. The maximum atomic E-state index is 12.2. The lowest BCUT2D eigenvalue weighted by Gasteiger charge is -2.45. The maximum absolute atomic E-state index is 12.2. The molecule has 4 rings (SSSR count). The number of hydrogen-bond donors (Lipinski definition) is 3. The van der Waals surface area contributed by atoms with Crippen LogP contribution in [-0.4, -0.2) is 46.7 Å². The number of carbonyl (C=O) groups excluding carboxylic acids is 1. The van der Waals surface area contributed by atoms with Crippen LogP contribution in [0.2, 0.25) is 0 Å². The number of hydrogen-bond acceptors (Lipinski definition) is 5. The third kappa shape index (κ3) is 2.07. The van der Waals surface area contributed by atoms with E-state index < -0.39 is 6.10 Å². The van der Waals surface area contributed by atoms with E-state index in [-0.39, 0.29) is 54.9 Å². The van der Waals surface area contributed by atoms with Crippen LogP contribution in [-0.2, 0) is 9.53 Å². The van der Waals surface area contributed by atoms with Gasteiger partial charge in [-0.3, -0.25) is 4.79 Å². The molecule has 0 heterocycles. The lowest BCUT2D eigenvalue weighted by molar-refractivity contribution is -0.170.